The SMILES string of the molecule is O=C(Oc1ccccc1N=Nc1ccccc1OC(=O)c1ccccc1)c1ccccc1. The number of ether oxygens (including phenoxy) is 2. The Balaban J connectivity index is 1.54. The van der Waals surface area contributed by atoms with Crippen molar-refractivity contribution < 1.29 is 19.1 Å². The van der Waals surface area contributed by atoms with E-state index < -0.39 is 11.9 Å². The molecule has 0 fully saturated rings. The minimum atomic E-state index is -0.495. The Kier molecular flexibility index (Phi) is 6.43. The summed E-state index contributed by atoms with van der Waals surface area (Å²) in [7, 11) is 0. The van der Waals surface area contributed by atoms with Crippen LogP contribution in [-0.4, -0.2) is 11.9 Å². The third kappa shape index (κ3) is 5.12. The average Bonchev–Trinajstić information content (AvgIpc) is 2.85. The molecule has 0 aliphatic carbocycles. The lowest BCUT2D eigenvalue weighted by Gasteiger charge is -2.08. The van der Waals surface area contributed by atoms with Gasteiger partial charge in [-0.3, -0.25) is 0 Å². The van der Waals surface area contributed by atoms with E-state index >= 15 is 0 Å². The minimum Gasteiger partial charge on any atom is -0.421 e. The van der Waals surface area contributed by atoms with Gasteiger partial charge in [0.1, 0.15) is 11.4 Å². The highest BCUT2D eigenvalue weighted by atomic mass is 16.5. The highest BCUT2D eigenvalue weighted by Crippen LogP contribution is 2.33. The second-order valence-corrected chi connectivity index (χ2v) is 6.65. The van der Waals surface area contributed by atoms with Crippen LogP contribution in [0.15, 0.2) is 119 Å². The number of para-hydroxylation sites is 2. The lowest BCUT2D eigenvalue weighted by Crippen LogP contribution is -2.08. The van der Waals surface area contributed by atoms with E-state index in [0.29, 0.717) is 22.5 Å². The first-order valence-electron chi connectivity index (χ1n) is 9.85. The Morgan fingerprint density at radius 1 is 0.469 bits per heavy atom. The molecule has 0 aromatic heterocycles. The quantitative estimate of drug-likeness (QED) is 0.201. The van der Waals surface area contributed by atoms with Gasteiger partial charge < -0.3 is 9.47 Å². The van der Waals surface area contributed by atoms with Crippen molar-refractivity contribution in [1.29, 1.82) is 0 Å². The normalized spacial score (nSPS) is 10.6. The molecule has 0 bridgehead atoms. The summed E-state index contributed by atoms with van der Waals surface area (Å²) in [5.74, 6) is -0.455. The molecule has 6 heteroatoms. The Morgan fingerprint density at radius 3 is 1.22 bits per heavy atom. The van der Waals surface area contributed by atoms with Gasteiger partial charge in [-0.05, 0) is 48.5 Å². The van der Waals surface area contributed by atoms with Crippen molar-refractivity contribution in [2.75, 3.05) is 0 Å². The van der Waals surface area contributed by atoms with Gasteiger partial charge in [0.2, 0.25) is 0 Å². The maximum absolute atomic E-state index is 12.4. The predicted octanol–water partition coefficient (Wildman–Crippen LogP) is 6.54. The van der Waals surface area contributed by atoms with Crippen molar-refractivity contribution in [2.45, 2.75) is 0 Å². The number of nitrogens with zero attached hydrogens (tertiary/aromatic N) is 2. The molecule has 0 atom stereocenters. The maximum Gasteiger partial charge on any atom is 0.343 e. The van der Waals surface area contributed by atoms with E-state index in [1.54, 1.807) is 97.1 Å². The van der Waals surface area contributed by atoms with E-state index in [4.69, 9.17) is 9.47 Å². The molecule has 156 valence electrons. The summed E-state index contributed by atoms with van der Waals surface area (Å²) in [4.78, 5) is 24.8. The van der Waals surface area contributed by atoms with Gasteiger partial charge in [-0.1, -0.05) is 60.7 Å². The fraction of sp³-hybridized carbons (Fsp3) is 0. The molecule has 0 radical (unpaired) electrons. The lowest BCUT2D eigenvalue weighted by atomic mass is 10.2. The van der Waals surface area contributed by atoms with Gasteiger partial charge in [0.25, 0.3) is 0 Å². The van der Waals surface area contributed by atoms with E-state index in [1.165, 1.54) is 0 Å². The number of hydrogen-bond acceptors (Lipinski definition) is 6. The summed E-state index contributed by atoms with van der Waals surface area (Å²) in [6, 6.07) is 31.0. The van der Waals surface area contributed by atoms with Crippen molar-refractivity contribution in [1.82, 2.24) is 0 Å². The number of carbonyl (C=O) groups is 2. The van der Waals surface area contributed by atoms with Crippen LogP contribution in [0.2, 0.25) is 0 Å². The van der Waals surface area contributed by atoms with Crippen molar-refractivity contribution in [3.8, 4) is 11.5 Å². The molecule has 6 nitrogen and oxygen atoms in total. The largest absolute Gasteiger partial charge is 0.421 e. The first-order chi connectivity index (χ1) is 15.7. The predicted molar refractivity (Wildman–Crippen MR) is 120 cm³/mol. The number of rotatable bonds is 6. The molecule has 0 saturated carbocycles. The molecule has 0 unspecified atom stereocenters. The fourth-order valence-corrected chi connectivity index (χ4v) is 2.83. The Morgan fingerprint density at radius 2 is 0.812 bits per heavy atom. The monoisotopic (exact) mass is 422 g/mol. The van der Waals surface area contributed by atoms with Crippen LogP contribution < -0.4 is 9.47 Å². The molecule has 0 aliphatic heterocycles. The van der Waals surface area contributed by atoms with Gasteiger partial charge in [-0.2, -0.15) is 0 Å². The molecule has 0 aliphatic rings. The number of benzene rings is 4. The van der Waals surface area contributed by atoms with E-state index in [2.05, 4.69) is 10.2 Å². The molecule has 0 saturated heterocycles. The molecular formula is C26H18N2O4. The van der Waals surface area contributed by atoms with Gasteiger partial charge in [0.15, 0.2) is 11.5 Å². The number of azo groups is 1. The fourth-order valence-electron chi connectivity index (χ4n) is 2.83. The van der Waals surface area contributed by atoms with Crippen LogP contribution in [0.25, 0.3) is 0 Å². The highest BCUT2D eigenvalue weighted by molar-refractivity contribution is 5.92. The van der Waals surface area contributed by atoms with Crippen LogP contribution in [0, 0.1) is 0 Å². The summed E-state index contributed by atoms with van der Waals surface area (Å²) in [6.07, 6.45) is 0. The van der Waals surface area contributed by atoms with Gasteiger partial charge in [0, 0.05) is 0 Å². The summed E-state index contributed by atoms with van der Waals surface area (Å²) in [6.45, 7) is 0. The second-order valence-electron chi connectivity index (χ2n) is 6.65. The number of carbonyl (C=O) groups excluding carboxylic acids is 2. The summed E-state index contributed by atoms with van der Waals surface area (Å²) >= 11 is 0. The Labute approximate surface area is 184 Å². The third-order valence-corrected chi connectivity index (χ3v) is 4.42. The van der Waals surface area contributed by atoms with Gasteiger partial charge in [-0.25, -0.2) is 9.59 Å². The van der Waals surface area contributed by atoms with Crippen LogP contribution in [0.5, 0.6) is 11.5 Å². The lowest BCUT2D eigenvalue weighted by molar-refractivity contribution is 0.0725. The molecule has 0 heterocycles. The minimum absolute atomic E-state index is 0.267. The maximum atomic E-state index is 12.4. The van der Waals surface area contributed by atoms with Crippen molar-refractivity contribution >= 4 is 23.3 Å². The van der Waals surface area contributed by atoms with Crippen LogP contribution >= 0.6 is 0 Å². The molecular weight excluding hydrogens is 404 g/mol. The highest BCUT2D eigenvalue weighted by Gasteiger charge is 2.13. The molecule has 32 heavy (non-hydrogen) atoms. The molecule has 4 aromatic carbocycles. The van der Waals surface area contributed by atoms with Gasteiger partial charge in [-0.15, -0.1) is 10.2 Å². The van der Waals surface area contributed by atoms with Crippen LogP contribution in [0.1, 0.15) is 20.7 Å². The molecule has 0 N–H and O–H groups in total. The summed E-state index contributed by atoms with van der Waals surface area (Å²) < 4.78 is 11.0. The molecule has 0 amide bonds. The average molecular weight is 422 g/mol. The number of hydrogen-bond donors (Lipinski definition) is 0. The van der Waals surface area contributed by atoms with Crippen LogP contribution in [-0.2, 0) is 0 Å². The third-order valence-electron chi connectivity index (χ3n) is 4.42. The zero-order valence-electron chi connectivity index (χ0n) is 16.9. The zero-order chi connectivity index (χ0) is 22.2. The van der Waals surface area contributed by atoms with Crippen LogP contribution in [0.4, 0.5) is 11.4 Å². The van der Waals surface area contributed by atoms with E-state index in [-0.39, 0.29) is 11.5 Å². The molecule has 0 spiro atoms. The van der Waals surface area contributed by atoms with Crippen LogP contribution in [0.3, 0.4) is 0 Å². The van der Waals surface area contributed by atoms with E-state index in [1.807, 2.05) is 12.1 Å². The first kappa shape index (κ1) is 20.7. The Bertz CT molecular complexity index is 1160. The topological polar surface area (TPSA) is 77.3 Å². The number of esters is 2. The van der Waals surface area contributed by atoms with Gasteiger partial charge in [0.05, 0.1) is 11.1 Å². The summed E-state index contributed by atoms with van der Waals surface area (Å²) in [5, 5.41) is 8.44. The van der Waals surface area contributed by atoms with Crippen molar-refractivity contribution in [3.63, 3.8) is 0 Å². The van der Waals surface area contributed by atoms with Gasteiger partial charge >= 0.3 is 11.9 Å². The zero-order valence-corrected chi connectivity index (χ0v) is 16.9. The van der Waals surface area contributed by atoms with Crippen molar-refractivity contribution in [3.05, 3.63) is 120 Å². The van der Waals surface area contributed by atoms with E-state index in [0.717, 1.165) is 0 Å². The standard InChI is InChI=1S/C26H18N2O4/c29-25(19-11-3-1-4-12-19)31-23-17-9-7-15-21(23)27-28-22-16-8-10-18-24(22)32-26(30)20-13-5-2-6-14-20/h1-18H. The van der Waals surface area contributed by atoms with E-state index in [9.17, 15) is 9.59 Å². The molecule has 4 aromatic rings. The Hall–Kier alpha value is -4.58. The first-order valence-corrected chi connectivity index (χ1v) is 9.85. The molecule has 4 rings (SSSR count). The van der Waals surface area contributed by atoms with Crippen molar-refractivity contribution in [2.24, 2.45) is 10.2 Å². The smallest absolute Gasteiger partial charge is 0.343 e. The summed E-state index contributed by atoms with van der Waals surface area (Å²) in [5.41, 5.74) is 1.58. The second kappa shape index (κ2) is 9.95.